The molecule has 1 aromatic rings. The molecule has 1 atom stereocenters. The van der Waals surface area contributed by atoms with Gasteiger partial charge in [-0.2, -0.15) is 0 Å². The number of hydrogen-bond acceptors (Lipinski definition) is 1. The molecule has 2 rings (SSSR count). The van der Waals surface area contributed by atoms with Gasteiger partial charge in [0.2, 0.25) is 0 Å². The van der Waals surface area contributed by atoms with Crippen LogP contribution in [0.3, 0.4) is 0 Å². The maximum absolute atomic E-state index is 13.2. The Labute approximate surface area is 94.9 Å². The molecule has 1 fully saturated rings. The molecule has 0 amide bonds. The van der Waals surface area contributed by atoms with Gasteiger partial charge in [-0.25, -0.2) is 8.78 Å². The molecule has 0 radical (unpaired) electrons. The Bertz CT molecular complexity index is 376. The smallest absolute Gasteiger partial charge is 0.270 e. The van der Waals surface area contributed by atoms with E-state index in [1.54, 1.807) is 12.1 Å². The maximum atomic E-state index is 13.2. The van der Waals surface area contributed by atoms with Gasteiger partial charge in [-0.05, 0) is 37.9 Å². The first-order valence-corrected chi connectivity index (χ1v) is 5.66. The van der Waals surface area contributed by atoms with Crippen LogP contribution in [-0.4, -0.2) is 6.54 Å². The van der Waals surface area contributed by atoms with Crippen molar-refractivity contribution < 1.29 is 8.78 Å². The molecule has 0 saturated carbocycles. The molecular weight excluding hydrogens is 208 g/mol. The predicted molar refractivity (Wildman–Crippen MR) is 60.6 cm³/mol. The highest BCUT2D eigenvalue weighted by molar-refractivity contribution is 5.32. The monoisotopic (exact) mass is 225 g/mol. The van der Waals surface area contributed by atoms with Gasteiger partial charge in [-0.1, -0.05) is 18.2 Å². The fourth-order valence-electron chi connectivity index (χ4n) is 2.28. The van der Waals surface area contributed by atoms with Crippen molar-refractivity contribution in [1.82, 2.24) is 5.32 Å². The third kappa shape index (κ3) is 2.09. The van der Waals surface area contributed by atoms with Crippen molar-refractivity contribution in [2.75, 3.05) is 6.54 Å². The summed E-state index contributed by atoms with van der Waals surface area (Å²) in [6, 6.07) is 6.75. The van der Waals surface area contributed by atoms with Crippen LogP contribution in [0.1, 0.15) is 37.8 Å². The lowest BCUT2D eigenvalue weighted by Crippen LogP contribution is -2.33. The van der Waals surface area contributed by atoms with Crippen molar-refractivity contribution in [3.63, 3.8) is 0 Å². The molecule has 0 aromatic heterocycles. The van der Waals surface area contributed by atoms with Gasteiger partial charge >= 0.3 is 0 Å². The van der Waals surface area contributed by atoms with Gasteiger partial charge in [0.1, 0.15) is 0 Å². The van der Waals surface area contributed by atoms with Crippen molar-refractivity contribution >= 4 is 0 Å². The van der Waals surface area contributed by atoms with Crippen LogP contribution in [0.5, 0.6) is 0 Å². The van der Waals surface area contributed by atoms with E-state index in [0.717, 1.165) is 31.9 Å². The Morgan fingerprint density at radius 3 is 2.69 bits per heavy atom. The second-order valence-corrected chi connectivity index (χ2v) is 4.83. The van der Waals surface area contributed by atoms with Crippen LogP contribution in [0.2, 0.25) is 0 Å². The van der Waals surface area contributed by atoms with Crippen LogP contribution in [0.25, 0.3) is 0 Å². The van der Waals surface area contributed by atoms with Gasteiger partial charge in [-0.3, -0.25) is 0 Å². The van der Waals surface area contributed by atoms with Gasteiger partial charge in [0.25, 0.3) is 5.92 Å². The highest BCUT2D eigenvalue weighted by atomic mass is 19.3. The molecule has 1 aliphatic rings. The minimum absolute atomic E-state index is 0.0972. The van der Waals surface area contributed by atoms with Crippen molar-refractivity contribution in [3.05, 3.63) is 35.4 Å². The zero-order valence-corrected chi connectivity index (χ0v) is 9.69. The molecule has 3 heteroatoms. The lowest BCUT2D eigenvalue weighted by molar-refractivity contribution is 0.0173. The van der Waals surface area contributed by atoms with E-state index in [-0.39, 0.29) is 11.1 Å². The van der Waals surface area contributed by atoms with E-state index in [1.165, 1.54) is 6.07 Å². The minimum Gasteiger partial charge on any atom is -0.308 e. The largest absolute Gasteiger partial charge is 0.308 e. The van der Waals surface area contributed by atoms with Crippen LogP contribution < -0.4 is 5.32 Å². The van der Waals surface area contributed by atoms with Crippen molar-refractivity contribution in [1.29, 1.82) is 0 Å². The highest BCUT2D eigenvalue weighted by Gasteiger charge is 2.32. The summed E-state index contributed by atoms with van der Waals surface area (Å²) in [7, 11) is 0. The van der Waals surface area contributed by atoms with Crippen molar-refractivity contribution in [3.8, 4) is 0 Å². The number of hydrogen-bond donors (Lipinski definition) is 1. The molecule has 1 heterocycles. The van der Waals surface area contributed by atoms with Crippen molar-refractivity contribution in [2.45, 2.75) is 38.2 Å². The molecule has 0 aliphatic carbocycles. The topological polar surface area (TPSA) is 12.0 Å². The summed E-state index contributed by atoms with van der Waals surface area (Å²) in [6.45, 7) is 3.98. The van der Waals surface area contributed by atoms with Crippen LogP contribution in [-0.2, 0) is 11.5 Å². The fourth-order valence-corrected chi connectivity index (χ4v) is 2.28. The molecule has 88 valence electrons. The molecule has 1 saturated heterocycles. The first kappa shape index (κ1) is 11.5. The minimum atomic E-state index is -2.76. The van der Waals surface area contributed by atoms with Gasteiger partial charge in [0, 0.05) is 18.0 Å². The third-order valence-electron chi connectivity index (χ3n) is 3.38. The number of benzene rings is 1. The van der Waals surface area contributed by atoms with Crippen LogP contribution in [0, 0.1) is 0 Å². The number of rotatable bonds is 2. The Morgan fingerprint density at radius 1 is 1.38 bits per heavy atom. The second kappa shape index (κ2) is 3.81. The number of halogens is 2. The summed E-state index contributed by atoms with van der Waals surface area (Å²) >= 11 is 0. The number of alkyl halides is 2. The zero-order chi connectivity index (χ0) is 11.8. The average molecular weight is 225 g/mol. The zero-order valence-electron chi connectivity index (χ0n) is 9.69. The van der Waals surface area contributed by atoms with Gasteiger partial charge < -0.3 is 5.32 Å². The van der Waals surface area contributed by atoms with Crippen LogP contribution >= 0.6 is 0 Å². The van der Waals surface area contributed by atoms with E-state index in [2.05, 4.69) is 12.2 Å². The summed E-state index contributed by atoms with van der Waals surface area (Å²) < 4.78 is 26.5. The number of nitrogens with one attached hydrogen (secondary N) is 1. The van der Waals surface area contributed by atoms with E-state index in [4.69, 9.17) is 0 Å². The average Bonchev–Trinajstić information content (AvgIpc) is 2.66. The highest BCUT2D eigenvalue weighted by Crippen LogP contribution is 2.34. The molecular formula is C13H17F2N. The summed E-state index contributed by atoms with van der Waals surface area (Å²) in [5, 5.41) is 3.38. The molecule has 16 heavy (non-hydrogen) atoms. The Hall–Kier alpha value is -0.960. The van der Waals surface area contributed by atoms with Gasteiger partial charge in [0.05, 0.1) is 0 Å². The molecule has 1 unspecified atom stereocenters. The standard InChI is InChI=1S/C13H17F2N/c1-12(7-4-8-16-12)10-5-3-6-11(9-10)13(2,14)15/h3,5-6,9,16H,4,7-8H2,1-2H3. The van der Waals surface area contributed by atoms with Crippen LogP contribution in [0.15, 0.2) is 24.3 Å². The third-order valence-corrected chi connectivity index (χ3v) is 3.38. The predicted octanol–water partition coefficient (Wildman–Crippen LogP) is 3.40. The van der Waals surface area contributed by atoms with E-state index in [0.29, 0.717) is 0 Å². The van der Waals surface area contributed by atoms with Gasteiger partial charge in [0.15, 0.2) is 0 Å². The van der Waals surface area contributed by atoms with E-state index in [1.807, 2.05) is 6.07 Å². The summed E-state index contributed by atoms with van der Waals surface area (Å²) in [5.41, 5.74) is 0.922. The summed E-state index contributed by atoms with van der Waals surface area (Å²) in [6.07, 6.45) is 2.11. The second-order valence-electron chi connectivity index (χ2n) is 4.83. The SMILES string of the molecule is CC(F)(F)c1cccc(C2(C)CCCN2)c1. The Balaban J connectivity index is 2.36. The van der Waals surface area contributed by atoms with E-state index >= 15 is 0 Å². The molecule has 1 N–H and O–H groups in total. The molecule has 0 spiro atoms. The molecule has 1 nitrogen and oxygen atoms in total. The first-order valence-electron chi connectivity index (χ1n) is 5.66. The lowest BCUT2D eigenvalue weighted by Gasteiger charge is -2.26. The fraction of sp³-hybridized carbons (Fsp3) is 0.538. The Morgan fingerprint density at radius 2 is 2.12 bits per heavy atom. The van der Waals surface area contributed by atoms with E-state index < -0.39 is 5.92 Å². The summed E-state index contributed by atoms with van der Waals surface area (Å²) in [5.74, 6) is -2.76. The van der Waals surface area contributed by atoms with E-state index in [9.17, 15) is 8.78 Å². The van der Waals surface area contributed by atoms with Gasteiger partial charge in [-0.15, -0.1) is 0 Å². The molecule has 1 aliphatic heterocycles. The quantitative estimate of drug-likeness (QED) is 0.813. The molecule has 1 aromatic carbocycles. The van der Waals surface area contributed by atoms with Crippen molar-refractivity contribution in [2.24, 2.45) is 0 Å². The first-order chi connectivity index (χ1) is 7.42. The lowest BCUT2D eigenvalue weighted by atomic mass is 9.89. The Kier molecular flexibility index (Phi) is 2.74. The summed E-state index contributed by atoms with van der Waals surface area (Å²) in [4.78, 5) is 0. The molecule has 0 bridgehead atoms. The maximum Gasteiger partial charge on any atom is 0.270 e. The normalized spacial score (nSPS) is 26.0. The van der Waals surface area contributed by atoms with Crippen LogP contribution in [0.4, 0.5) is 8.78 Å².